The summed E-state index contributed by atoms with van der Waals surface area (Å²) in [6, 6.07) is 0.838. The fourth-order valence-electron chi connectivity index (χ4n) is 5.53. The van der Waals surface area contributed by atoms with Crippen molar-refractivity contribution in [1.29, 1.82) is 0 Å². The molecule has 0 aromatic heterocycles. The first-order valence-electron chi connectivity index (χ1n) is 11.7. The summed E-state index contributed by atoms with van der Waals surface area (Å²) in [5.74, 6) is 1.57. The molecule has 3 aliphatic heterocycles. The van der Waals surface area contributed by atoms with Gasteiger partial charge in [0, 0.05) is 17.3 Å². The molecule has 1 saturated carbocycles. The van der Waals surface area contributed by atoms with Crippen LogP contribution in [0.25, 0.3) is 0 Å². The molecule has 4 fully saturated rings. The number of carbonyl (C=O) groups is 1. The fraction of sp³-hybridized carbons (Fsp3) is 0.952. The molecule has 1 aliphatic carbocycles. The van der Waals surface area contributed by atoms with Gasteiger partial charge in [-0.15, -0.1) is 11.8 Å². The molecule has 3 heterocycles. The van der Waals surface area contributed by atoms with Crippen molar-refractivity contribution in [2.75, 3.05) is 13.7 Å². The number of rotatable bonds is 5. The Kier molecular flexibility index (Phi) is 7.40. The zero-order valence-electron chi connectivity index (χ0n) is 18.2. The molecule has 8 atom stereocenters. The standard InChI is InChI=1S/C21H40N6OS/c1-13-7-8-15-9-10-18(25-19(15)23-13)20(28)24-17-6-4-5-16(11-17)14(2)29-21-26-22-12-27(21)3/h13-19,21-23,25-26H,4-12H2,1-3H3,(H,24,28). The van der Waals surface area contributed by atoms with Crippen LogP contribution in [0, 0.1) is 11.8 Å². The van der Waals surface area contributed by atoms with Crippen LogP contribution in [0.4, 0.5) is 0 Å². The minimum Gasteiger partial charge on any atom is -0.352 e. The third kappa shape index (κ3) is 5.46. The van der Waals surface area contributed by atoms with Crippen molar-refractivity contribution in [1.82, 2.24) is 31.7 Å². The van der Waals surface area contributed by atoms with E-state index in [1.54, 1.807) is 0 Å². The number of hydrogen-bond donors (Lipinski definition) is 5. The predicted molar refractivity (Wildman–Crippen MR) is 119 cm³/mol. The second kappa shape index (κ2) is 9.83. The highest BCUT2D eigenvalue weighted by Crippen LogP contribution is 2.35. The SMILES string of the molecule is CC1CCC2CCC(C(=O)NC3CCCC(C(C)SC4NNCN4C)C3)NC2N1. The topological polar surface area (TPSA) is 80.5 Å². The van der Waals surface area contributed by atoms with Gasteiger partial charge in [-0.1, -0.05) is 13.3 Å². The zero-order valence-corrected chi connectivity index (χ0v) is 19.1. The highest BCUT2D eigenvalue weighted by atomic mass is 32.2. The summed E-state index contributed by atoms with van der Waals surface area (Å²) < 4.78 is 0. The van der Waals surface area contributed by atoms with Gasteiger partial charge in [-0.2, -0.15) is 0 Å². The average Bonchev–Trinajstić information content (AvgIpc) is 3.12. The van der Waals surface area contributed by atoms with Gasteiger partial charge in [0.25, 0.3) is 0 Å². The molecule has 4 aliphatic rings. The fourth-order valence-corrected chi connectivity index (χ4v) is 6.84. The molecule has 29 heavy (non-hydrogen) atoms. The van der Waals surface area contributed by atoms with E-state index in [4.69, 9.17) is 0 Å². The van der Waals surface area contributed by atoms with Crippen LogP contribution in [0.5, 0.6) is 0 Å². The molecule has 0 aromatic carbocycles. The monoisotopic (exact) mass is 424 g/mol. The lowest BCUT2D eigenvalue weighted by molar-refractivity contribution is -0.125. The minimum absolute atomic E-state index is 0.0383. The van der Waals surface area contributed by atoms with Crippen LogP contribution in [0.3, 0.4) is 0 Å². The van der Waals surface area contributed by atoms with Gasteiger partial charge in [-0.25, -0.2) is 10.9 Å². The molecular weight excluding hydrogens is 384 g/mol. The molecule has 166 valence electrons. The Bertz CT molecular complexity index is 565. The maximum Gasteiger partial charge on any atom is 0.237 e. The third-order valence-electron chi connectivity index (χ3n) is 7.45. The van der Waals surface area contributed by atoms with Gasteiger partial charge in [0.15, 0.2) is 0 Å². The first-order valence-corrected chi connectivity index (χ1v) is 12.6. The van der Waals surface area contributed by atoms with E-state index in [1.165, 1.54) is 25.7 Å². The summed E-state index contributed by atoms with van der Waals surface area (Å²) in [4.78, 5) is 15.3. The molecular formula is C21H40N6OS. The molecule has 0 aromatic rings. The van der Waals surface area contributed by atoms with E-state index in [9.17, 15) is 4.79 Å². The molecule has 3 saturated heterocycles. The van der Waals surface area contributed by atoms with Gasteiger partial charge in [0.2, 0.25) is 5.91 Å². The van der Waals surface area contributed by atoms with Gasteiger partial charge in [-0.05, 0) is 70.8 Å². The van der Waals surface area contributed by atoms with Gasteiger partial charge in [0.05, 0.1) is 18.9 Å². The lowest BCUT2D eigenvalue weighted by Gasteiger charge is -2.43. The smallest absolute Gasteiger partial charge is 0.237 e. The van der Waals surface area contributed by atoms with E-state index in [2.05, 4.69) is 52.6 Å². The molecule has 8 unspecified atom stereocenters. The molecule has 8 heteroatoms. The van der Waals surface area contributed by atoms with Crippen LogP contribution in [0.1, 0.15) is 65.2 Å². The van der Waals surface area contributed by atoms with Crippen molar-refractivity contribution in [2.45, 2.75) is 100 Å². The number of thioether (sulfide) groups is 1. The summed E-state index contributed by atoms with van der Waals surface area (Å²) in [5, 5.41) is 11.3. The van der Waals surface area contributed by atoms with E-state index in [0.717, 1.165) is 32.4 Å². The zero-order chi connectivity index (χ0) is 20.4. The van der Waals surface area contributed by atoms with Gasteiger partial charge < -0.3 is 5.32 Å². The second-order valence-electron chi connectivity index (χ2n) is 9.74. The number of hydrogen-bond acceptors (Lipinski definition) is 7. The van der Waals surface area contributed by atoms with Crippen LogP contribution in [-0.2, 0) is 4.79 Å². The Morgan fingerprint density at radius 2 is 1.97 bits per heavy atom. The summed E-state index contributed by atoms with van der Waals surface area (Å²) >= 11 is 2.00. The summed E-state index contributed by atoms with van der Waals surface area (Å²) in [7, 11) is 2.14. The lowest BCUT2D eigenvalue weighted by Crippen LogP contribution is -2.63. The molecule has 0 radical (unpaired) electrons. The van der Waals surface area contributed by atoms with Gasteiger partial charge in [-0.3, -0.25) is 20.3 Å². The van der Waals surface area contributed by atoms with Crippen molar-refractivity contribution in [3.8, 4) is 0 Å². The normalized spacial score (nSPS) is 42.2. The highest BCUT2D eigenvalue weighted by molar-refractivity contribution is 8.00. The summed E-state index contributed by atoms with van der Waals surface area (Å²) in [5.41, 5.74) is 6.89. The summed E-state index contributed by atoms with van der Waals surface area (Å²) in [6.45, 7) is 5.49. The molecule has 0 bridgehead atoms. The largest absolute Gasteiger partial charge is 0.352 e. The van der Waals surface area contributed by atoms with Gasteiger partial charge >= 0.3 is 0 Å². The molecule has 1 amide bonds. The number of fused-ring (bicyclic) bond motifs is 1. The number of carbonyl (C=O) groups excluding carboxylic acids is 1. The van der Waals surface area contributed by atoms with Crippen LogP contribution < -0.4 is 26.8 Å². The number of nitrogens with one attached hydrogen (secondary N) is 5. The molecule has 4 rings (SSSR count). The summed E-state index contributed by atoms with van der Waals surface area (Å²) in [6.07, 6.45) is 9.69. The van der Waals surface area contributed by atoms with Crippen LogP contribution >= 0.6 is 11.8 Å². The number of piperidine rings is 2. The lowest BCUT2D eigenvalue weighted by atomic mass is 9.82. The van der Waals surface area contributed by atoms with E-state index >= 15 is 0 Å². The first-order chi connectivity index (χ1) is 14.0. The van der Waals surface area contributed by atoms with E-state index in [1.807, 2.05) is 11.8 Å². The van der Waals surface area contributed by atoms with Crippen molar-refractivity contribution in [3.63, 3.8) is 0 Å². The maximum atomic E-state index is 13.0. The Morgan fingerprint density at radius 3 is 2.76 bits per heavy atom. The Morgan fingerprint density at radius 1 is 1.14 bits per heavy atom. The first kappa shape index (κ1) is 21.8. The number of amides is 1. The van der Waals surface area contributed by atoms with Crippen molar-refractivity contribution >= 4 is 17.7 Å². The van der Waals surface area contributed by atoms with E-state index in [-0.39, 0.29) is 11.9 Å². The van der Waals surface area contributed by atoms with Crippen molar-refractivity contribution < 1.29 is 4.79 Å². The maximum absolute atomic E-state index is 13.0. The predicted octanol–water partition coefficient (Wildman–Crippen LogP) is 1.53. The Hall–Kier alpha value is -0.380. The highest BCUT2D eigenvalue weighted by Gasteiger charge is 2.37. The molecule has 5 N–H and O–H groups in total. The van der Waals surface area contributed by atoms with Crippen LogP contribution in [0.15, 0.2) is 0 Å². The number of hydrazine groups is 1. The van der Waals surface area contributed by atoms with Crippen molar-refractivity contribution in [2.24, 2.45) is 11.8 Å². The Balaban J connectivity index is 1.25. The van der Waals surface area contributed by atoms with E-state index in [0.29, 0.717) is 40.8 Å². The molecule has 7 nitrogen and oxygen atoms in total. The van der Waals surface area contributed by atoms with Crippen LogP contribution in [0.2, 0.25) is 0 Å². The Labute approximate surface area is 180 Å². The second-order valence-corrected chi connectivity index (χ2v) is 11.2. The van der Waals surface area contributed by atoms with Crippen molar-refractivity contribution in [3.05, 3.63) is 0 Å². The molecule has 0 spiro atoms. The van der Waals surface area contributed by atoms with Crippen LogP contribution in [-0.4, -0.2) is 59.6 Å². The van der Waals surface area contributed by atoms with Gasteiger partial charge in [0.1, 0.15) is 5.50 Å². The third-order valence-corrected chi connectivity index (χ3v) is 9.00. The number of nitrogens with zero attached hydrogens (tertiary/aromatic N) is 1. The van der Waals surface area contributed by atoms with E-state index < -0.39 is 0 Å². The quantitative estimate of drug-likeness (QED) is 0.458. The average molecular weight is 425 g/mol. The minimum atomic E-state index is -0.0383.